The highest BCUT2D eigenvalue weighted by Gasteiger charge is 2.17. The Labute approximate surface area is 149 Å². The van der Waals surface area contributed by atoms with Crippen molar-refractivity contribution in [2.45, 2.75) is 13.0 Å². The predicted molar refractivity (Wildman–Crippen MR) is 97.7 cm³/mol. The summed E-state index contributed by atoms with van der Waals surface area (Å²) in [6.07, 6.45) is 1.35. The van der Waals surface area contributed by atoms with Crippen LogP contribution in [-0.4, -0.2) is 22.8 Å². The van der Waals surface area contributed by atoms with Crippen LogP contribution < -0.4 is 16.8 Å². The van der Waals surface area contributed by atoms with Crippen LogP contribution in [0.1, 0.15) is 17.3 Å². The number of fused-ring (bicyclic) bond motifs is 1. The van der Waals surface area contributed by atoms with Crippen LogP contribution >= 0.6 is 0 Å². The molecule has 0 aliphatic carbocycles. The minimum Gasteiger partial charge on any atom is -0.383 e. The van der Waals surface area contributed by atoms with Crippen molar-refractivity contribution >= 4 is 28.4 Å². The minimum absolute atomic E-state index is 0.248. The summed E-state index contributed by atoms with van der Waals surface area (Å²) < 4.78 is 13.5. The zero-order valence-corrected chi connectivity index (χ0v) is 14.0. The zero-order chi connectivity index (χ0) is 18.8. The Hall–Kier alpha value is -3.48. The molecule has 2 amide bonds. The molecule has 3 rings (SSSR count). The molecule has 1 aromatic heterocycles. The van der Waals surface area contributed by atoms with Gasteiger partial charge < -0.3 is 16.8 Å². The number of hydrogen-bond donors (Lipinski definition) is 3. The summed E-state index contributed by atoms with van der Waals surface area (Å²) in [4.78, 5) is 27.6. The number of rotatable bonds is 4. The molecular weight excluding hydrogens is 335 g/mol. The average Bonchev–Trinajstić information content (AvgIpc) is 2.61. The van der Waals surface area contributed by atoms with Gasteiger partial charge in [-0.2, -0.15) is 0 Å². The molecule has 1 unspecified atom stereocenters. The van der Waals surface area contributed by atoms with Gasteiger partial charge in [0.2, 0.25) is 5.91 Å². The Morgan fingerprint density at radius 2 is 1.85 bits per heavy atom. The van der Waals surface area contributed by atoms with E-state index in [4.69, 9.17) is 11.5 Å². The number of carbonyl (C=O) groups excluding carboxylic acids is 2. The van der Waals surface area contributed by atoms with Gasteiger partial charge in [-0.05, 0) is 41.6 Å². The summed E-state index contributed by atoms with van der Waals surface area (Å²) in [5, 5.41) is 3.65. The molecule has 7 heteroatoms. The molecule has 0 aliphatic heterocycles. The number of hydrogen-bond acceptors (Lipinski definition) is 4. The van der Waals surface area contributed by atoms with Crippen molar-refractivity contribution in [3.63, 3.8) is 0 Å². The van der Waals surface area contributed by atoms with Crippen LogP contribution in [0.4, 0.5) is 10.2 Å². The number of halogens is 1. The number of nitrogens with one attached hydrogen (secondary N) is 1. The predicted octanol–water partition coefficient (Wildman–Crippen LogP) is 2.23. The van der Waals surface area contributed by atoms with Crippen molar-refractivity contribution < 1.29 is 14.0 Å². The monoisotopic (exact) mass is 352 g/mol. The number of carbonyl (C=O) groups is 2. The summed E-state index contributed by atoms with van der Waals surface area (Å²) in [6.45, 7) is 1.50. The number of pyridine rings is 1. The van der Waals surface area contributed by atoms with Gasteiger partial charge in [0.05, 0.1) is 5.56 Å². The molecule has 0 saturated carbocycles. The van der Waals surface area contributed by atoms with E-state index in [2.05, 4.69) is 10.3 Å². The van der Waals surface area contributed by atoms with E-state index in [1.807, 2.05) is 0 Å². The van der Waals surface area contributed by atoms with E-state index in [9.17, 15) is 14.0 Å². The molecule has 1 atom stereocenters. The van der Waals surface area contributed by atoms with Crippen LogP contribution in [0.15, 0.2) is 48.7 Å². The van der Waals surface area contributed by atoms with Gasteiger partial charge in [0.1, 0.15) is 17.7 Å². The lowest BCUT2D eigenvalue weighted by atomic mass is 9.99. The quantitative estimate of drug-likeness (QED) is 0.668. The van der Waals surface area contributed by atoms with E-state index in [-0.39, 0.29) is 17.2 Å². The summed E-state index contributed by atoms with van der Waals surface area (Å²) in [7, 11) is 0. The van der Waals surface area contributed by atoms with Crippen LogP contribution in [0.3, 0.4) is 0 Å². The standard InChI is InChI=1S/C19H17FN4O2/c1-10(18(22)25)24-19(26)16-9-23-17(21)15-8-12(5-6-14(15)16)11-3-2-4-13(20)7-11/h2-10H,1H3,(H2,21,23)(H2,22,25)(H,24,26). The number of nitrogens with two attached hydrogens (primary N) is 2. The lowest BCUT2D eigenvalue weighted by Crippen LogP contribution is -2.42. The Kier molecular flexibility index (Phi) is 4.53. The van der Waals surface area contributed by atoms with E-state index < -0.39 is 17.9 Å². The molecule has 132 valence electrons. The molecule has 3 aromatic rings. The van der Waals surface area contributed by atoms with Gasteiger partial charge in [0.25, 0.3) is 5.91 Å². The summed E-state index contributed by atoms with van der Waals surface area (Å²) in [6, 6.07) is 10.6. The average molecular weight is 352 g/mol. The molecule has 0 fully saturated rings. The van der Waals surface area contributed by atoms with Crippen LogP contribution in [0.5, 0.6) is 0 Å². The zero-order valence-electron chi connectivity index (χ0n) is 14.0. The second-order valence-electron chi connectivity index (χ2n) is 5.93. The van der Waals surface area contributed by atoms with Gasteiger partial charge in [-0.25, -0.2) is 9.37 Å². The largest absolute Gasteiger partial charge is 0.383 e. The van der Waals surface area contributed by atoms with E-state index in [1.165, 1.54) is 25.3 Å². The Bertz CT molecular complexity index is 1020. The lowest BCUT2D eigenvalue weighted by molar-refractivity contribution is -0.119. The number of nitrogen functional groups attached to an aromatic ring is 1. The maximum Gasteiger partial charge on any atom is 0.254 e. The van der Waals surface area contributed by atoms with Gasteiger partial charge in [-0.3, -0.25) is 9.59 Å². The number of nitrogens with zero attached hydrogens (tertiary/aromatic N) is 1. The van der Waals surface area contributed by atoms with Crippen molar-refractivity contribution in [1.82, 2.24) is 10.3 Å². The van der Waals surface area contributed by atoms with E-state index in [0.29, 0.717) is 16.3 Å². The van der Waals surface area contributed by atoms with Crippen LogP contribution in [0, 0.1) is 5.82 Å². The van der Waals surface area contributed by atoms with Crippen LogP contribution in [-0.2, 0) is 4.79 Å². The number of anilines is 1. The first-order chi connectivity index (χ1) is 12.4. The summed E-state index contributed by atoms with van der Waals surface area (Å²) >= 11 is 0. The third-order valence-corrected chi connectivity index (χ3v) is 4.10. The molecule has 2 aromatic carbocycles. The highest BCUT2D eigenvalue weighted by atomic mass is 19.1. The van der Waals surface area contributed by atoms with Gasteiger partial charge >= 0.3 is 0 Å². The number of amides is 2. The van der Waals surface area contributed by atoms with Gasteiger partial charge in [0, 0.05) is 11.6 Å². The first-order valence-electron chi connectivity index (χ1n) is 7.91. The summed E-state index contributed by atoms with van der Waals surface area (Å²) in [5.74, 6) is -1.22. The van der Waals surface area contributed by atoms with Crippen molar-refractivity contribution in [2.24, 2.45) is 5.73 Å². The first-order valence-corrected chi connectivity index (χ1v) is 7.91. The second kappa shape index (κ2) is 6.79. The molecular formula is C19H17FN4O2. The molecule has 5 N–H and O–H groups in total. The van der Waals surface area contributed by atoms with Crippen molar-refractivity contribution in [2.75, 3.05) is 5.73 Å². The van der Waals surface area contributed by atoms with E-state index in [1.54, 1.807) is 30.3 Å². The van der Waals surface area contributed by atoms with Gasteiger partial charge in [0.15, 0.2) is 0 Å². The van der Waals surface area contributed by atoms with Gasteiger partial charge in [-0.1, -0.05) is 24.3 Å². The molecule has 6 nitrogen and oxygen atoms in total. The molecule has 0 aliphatic rings. The third kappa shape index (κ3) is 3.32. The van der Waals surface area contributed by atoms with Gasteiger partial charge in [-0.15, -0.1) is 0 Å². The highest BCUT2D eigenvalue weighted by Crippen LogP contribution is 2.29. The topological polar surface area (TPSA) is 111 Å². The van der Waals surface area contributed by atoms with E-state index in [0.717, 1.165) is 5.56 Å². The fourth-order valence-corrected chi connectivity index (χ4v) is 2.64. The maximum atomic E-state index is 13.5. The SMILES string of the molecule is CC(NC(=O)c1cnc(N)c2cc(-c3cccc(F)c3)ccc12)C(N)=O. The van der Waals surface area contributed by atoms with Crippen molar-refractivity contribution in [3.8, 4) is 11.1 Å². The summed E-state index contributed by atoms with van der Waals surface area (Å²) in [5.41, 5.74) is 12.8. The Balaban J connectivity index is 2.07. The molecule has 1 heterocycles. The highest BCUT2D eigenvalue weighted by molar-refractivity contribution is 6.10. The fraction of sp³-hybridized carbons (Fsp3) is 0.105. The molecule has 0 saturated heterocycles. The second-order valence-corrected chi connectivity index (χ2v) is 5.93. The number of benzene rings is 2. The first kappa shape index (κ1) is 17.3. The Morgan fingerprint density at radius 1 is 1.12 bits per heavy atom. The molecule has 0 spiro atoms. The van der Waals surface area contributed by atoms with Crippen molar-refractivity contribution in [1.29, 1.82) is 0 Å². The minimum atomic E-state index is -0.818. The number of primary amides is 1. The number of aromatic nitrogens is 1. The Morgan fingerprint density at radius 3 is 2.54 bits per heavy atom. The van der Waals surface area contributed by atoms with Crippen molar-refractivity contribution in [3.05, 3.63) is 60.0 Å². The molecule has 0 bridgehead atoms. The smallest absolute Gasteiger partial charge is 0.254 e. The molecule has 26 heavy (non-hydrogen) atoms. The molecule has 0 radical (unpaired) electrons. The van der Waals surface area contributed by atoms with Crippen LogP contribution in [0.2, 0.25) is 0 Å². The van der Waals surface area contributed by atoms with E-state index >= 15 is 0 Å². The lowest BCUT2D eigenvalue weighted by Gasteiger charge is -2.13. The maximum absolute atomic E-state index is 13.5. The normalized spacial score (nSPS) is 11.9. The fourth-order valence-electron chi connectivity index (χ4n) is 2.64. The van der Waals surface area contributed by atoms with Crippen LogP contribution in [0.25, 0.3) is 21.9 Å². The third-order valence-electron chi connectivity index (χ3n) is 4.10.